The zero-order chi connectivity index (χ0) is 14.7. The number of benzene rings is 1. The lowest BCUT2D eigenvalue weighted by Gasteiger charge is -2.18. The highest BCUT2D eigenvalue weighted by molar-refractivity contribution is 5.93. The first-order valence-corrected chi connectivity index (χ1v) is 7.46. The summed E-state index contributed by atoms with van der Waals surface area (Å²) in [6, 6.07) is 11.3. The van der Waals surface area contributed by atoms with Crippen LogP contribution in [-0.4, -0.2) is 33.7 Å². The normalized spacial score (nSPS) is 15.7. The van der Waals surface area contributed by atoms with Crippen LogP contribution in [0.1, 0.15) is 36.2 Å². The molecule has 0 bridgehead atoms. The molecule has 1 aliphatic rings. The van der Waals surface area contributed by atoms with Crippen molar-refractivity contribution in [2.75, 3.05) is 18.8 Å². The van der Waals surface area contributed by atoms with E-state index in [9.17, 15) is 4.79 Å². The van der Waals surface area contributed by atoms with Crippen LogP contribution in [0.3, 0.4) is 0 Å². The van der Waals surface area contributed by atoms with Gasteiger partial charge in [0, 0.05) is 19.2 Å². The lowest BCUT2D eigenvalue weighted by molar-refractivity contribution is 0.0755. The van der Waals surface area contributed by atoms with E-state index in [1.165, 1.54) is 12.8 Å². The molecular weight excluding hydrogens is 264 g/mol. The number of aromatic nitrogens is 2. The number of rotatable bonds is 2. The van der Waals surface area contributed by atoms with Gasteiger partial charge in [0.15, 0.2) is 5.69 Å². The van der Waals surface area contributed by atoms with E-state index in [0.29, 0.717) is 11.5 Å². The number of nitrogen functional groups attached to an aromatic ring is 1. The molecule has 110 valence electrons. The van der Waals surface area contributed by atoms with Crippen LogP contribution in [0.15, 0.2) is 36.4 Å². The number of nitrogens with two attached hydrogens (primary N) is 1. The van der Waals surface area contributed by atoms with E-state index in [2.05, 4.69) is 5.10 Å². The summed E-state index contributed by atoms with van der Waals surface area (Å²) in [5.74, 6) is 0.470. The van der Waals surface area contributed by atoms with Crippen LogP contribution in [-0.2, 0) is 0 Å². The maximum Gasteiger partial charge on any atom is 0.274 e. The molecule has 0 spiro atoms. The topological polar surface area (TPSA) is 64.2 Å². The van der Waals surface area contributed by atoms with Crippen molar-refractivity contribution in [2.24, 2.45) is 0 Å². The van der Waals surface area contributed by atoms with Gasteiger partial charge in [-0.1, -0.05) is 31.0 Å². The summed E-state index contributed by atoms with van der Waals surface area (Å²) in [5.41, 5.74) is 7.30. The molecule has 5 heteroatoms. The smallest absolute Gasteiger partial charge is 0.274 e. The molecule has 1 aliphatic heterocycles. The molecule has 1 fully saturated rings. The highest BCUT2D eigenvalue weighted by atomic mass is 16.2. The van der Waals surface area contributed by atoms with E-state index in [1.807, 2.05) is 35.2 Å². The number of nitrogens with zero attached hydrogens (tertiary/aromatic N) is 3. The van der Waals surface area contributed by atoms with Crippen molar-refractivity contribution in [1.29, 1.82) is 0 Å². The highest BCUT2D eigenvalue weighted by Crippen LogP contribution is 2.17. The number of hydrogen-bond acceptors (Lipinski definition) is 3. The Morgan fingerprint density at radius 1 is 1.05 bits per heavy atom. The molecule has 2 aromatic rings. The first kappa shape index (κ1) is 13.7. The predicted octanol–water partition coefficient (Wildman–Crippen LogP) is 2.47. The number of carbonyl (C=O) groups is 1. The second-order valence-corrected chi connectivity index (χ2v) is 5.41. The zero-order valence-corrected chi connectivity index (χ0v) is 12.0. The molecule has 0 atom stereocenters. The fourth-order valence-corrected chi connectivity index (χ4v) is 2.71. The third-order valence-corrected chi connectivity index (χ3v) is 3.85. The highest BCUT2D eigenvalue weighted by Gasteiger charge is 2.21. The molecule has 1 saturated heterocycles. The molecule has 1 aromatic heterocycles. The van der Waals surface area contributed by atoms with Crippen molar-refractivity contribution in [3.63, 3.8) is 0 Å². The van der Waals surface area contributed by atoms with Crippen molar-refractivity contribution in [3.8, 4) is 5.69 Å². The van der Waals surface area contributed by atoms with E-state index in [0.717, 1.165) is 31.6 Å². The molecule has 1 aromatic carbocycles. The SMILES string of the molecule is Nc1cc(C(=O)N2CCCCCC2)nn1-c1ccccc1. The minimum Gasteiger partial charge on any atom is -0.384 e. The minimum absolute atomic E-state index is 0.0155. The Hall–Kier alpha value is -2.30. The number of amides is 1. The van der Waals surface area contributed by atoms with Gasteiger partial charge >= 0.3 is 0 Å². The van der Waals surface area contributed by atoms with Crippen molar-refractivity contribution < 1.29 is 4.79 Å². The van der Waals surface area contributed by atoms with Gasteiger partial charge in [-0.25, -0.2) is 4.68 Å². The molecule has 21 heavy (non-hydrogen) atoms. The second kappa shape index (κ2) is 5.99. The van der Waals surface area contributed by atoms with E-state index < -0.39 is 0 Å². The lowest BCUT2D eigenvalue weighted by Crippen LogP contribution is -2.32. The molecule has 0 unspecified atom stereocenters. The first-order valence-electron chi connectivity index (χ1n) is 7.46. The molecule has 0 radical (unpaired) electrons. The van der Waals surface area contributed by atoms with Crippen LogP contribution in [0.25, 0.3) is 5.69 Å². The fraction of sp³-hybridized carbons (Fsp3) is 0.375. The van der Waals surface area contributed by atoms with Crippen LogP contribution < -0.4 is 5.73 Å². The number of para-hydroxylation sites is 1. The maximum atomic E-state index is 12.5. The first-order chi connectivity index (χ1) is 10.3. The van der Waals surface area contributed by atoms with E-state index >= 15 is 0 Å². The maximum absolute atomic E-state index is 12.5. The van der Waals surface area contributed by atoms with Gasteiger partial charge in [0.1, 0.15) is 5.82 Å². The Kier molecular flexibility index (Phi) is 3.90. The molecule has 5 nitrogen and oxygen atoms in total. The largest absolute Gasteiger partial charge is 0.384 e. The molecular formula is C16H20N4O. The lowest BCUT2D eigenvalue weighted by atomic mass is 10.2. The summed E-state index contributed by atoms with van der Waals surface area (Å²) in [6.07, 6.45) is 4.54. The third kappa shape index (κ3) is 2.91. The average Bonchev–Trinajstić information content (AvgIpc) is 2.74. The summed E-state index contributed by atoms with van der Waals surface area (Å²) < 4.78 is 1.62. The predicted molar refractivity (Wildman–Crippen MR) is 82.3 cm³/mol. The molecule has 1 amide bonds. The van der Waals surface area contributed by atoms with Crippen LogP contribution in [0.4, 0.5) is 5.82 Å². The number of hydrogen-bond donors (Lipinski definition) is 1. The summed E-state index contributed by atoms with van der Waals surface area (Å²) >= 11 is 0. The fourth-order valence-electron chi connectivity index (χ4n) is 2.71. The molecule has 3 rings (SSSR count). The Morgan fingerprint density at radius 3 is 2.38 bits per heavy atom. The van der Waals surface area contributed by atoms with Gasteiger partial charge in [0.05, 0.1) is 5.69 Å². The Bertz CT molecular complexity index is 612. The standard InChI is InChI=1S/C16H20N4O/c17-15-12-14(16(21)19-10-6-1-2-7-11-19)18-20(15)13-8-4-3-5-9-13/h3-5,8-9,12H,1-2,6-7,10-11,17H2. The summed E-state index contributed by atoms with van der Waals surface area (Å²) in [7, 11) is 0. The number of anilines is 1. The Morgan fingerprint density at radius 2 is 1.71 bits per heavy atom. The molecule has 0 aliphatic carbocycles. The number of likely N-dealkylation sites (tertiary alicyclic amines) is 1. The van der Waals surface area contributed by atoms with Crippen molar-refractivity contribution in [3.05, 3.63) is 42.1 Å². The van der Waals surface area contributed by atoms with Crippen LogP contribution >= 0.6 is 0 Å². The van der Waals surface area contributed by atoms with Crippen molar-refractivity contribution >= 4 is 11.7 Å². The molecule has 0 saturated carbocycles. The van der Waals surface area contributed by atoms with E-state index in [1.54, 1.807) is 10.7 Å². The minimum atomic E-state index is -0.0155. The van der Waals surface area contributed by atoms with Gasteiger partial charge < -0.3 is 10.6 Å². The quantitative estimate of drug-likeness (QED) is 0.921. The van der Waals surface area contributed by atoms with Crippen LogP contribution in [0.2, 0.25) is 0 Å². The Labute approximate surface area is 124 Å². The zero-order valence-electron chi connectivity index (χ0n) is 12.0. The average molecular weight is 284 g/mol. The van der Waals surface area contributed by atoms with Crippen molar-refractivity contribution in [1.82, 2.24) is 14.7 Å². The van der Waals surface area contributed by atoms with Gasteiger partial charge in [-0.15, -0.1) is 0 Å². The summed E-state index contributed by atoms with van der Waals surface area (Å²) in [4.78, 5) is 14.4. The van der Waals surface area contributed by atoms with Gasteiger partial charge in [0.2, 0.25) is 0 Å². The summed E-state index contributed by atoms with van der Waals surface area (Å²) in [5, 5.41) is 4.39. The van der Waals surface area contributed by atoms with Gasteiger partial charge in [0.25, 0.3) is 5.91 Å². The Balaban J connectivity index is 1.85. The van der Waals surface area contributed by atoms with Gasteiger partial charge in [-0.05, 0) is 25.0 Å². The monoisotopic (exact) mass is 284 g/mol. The molecule has 2 heterocycles. The van der Waals surface area contributed by atoms with Crippen LogP contribution in [0, 0.1) is 0 Å². The van der Waals surface area contributed by atoms with E-state index in [4.69, 9.17) is 5.73 Å². The van der Waals surface area contributed by atoms with Crippen LogP contribution in [0.5, 0.6) is 0 Å². The summed E-state index contributed by atoms with van der Waals surface area (Å²) in [6.45, 7) is 1.63. The van der Waals surface area contributed by atoms with E-state index in [-0.39, 0.29) is 5.91 Å². The third-order valence-electron chi connectivity index (χ3n) is 3.85. The van der Waals surface area contributed by atoms with Gasteiger partial charge in [-0.2, -0.15) is 5.10 Å². The van der Waals surface area contributed by atoms with Gasteiger partial charge in [-0.3, -0.25) is 4.79 Å². The van der Waals surface area contributed by atoms with Crippen molar-refractivity contribution in [2.45, 2.75) is 25.7 Å². The molecule has 2 N–H and O–H groups in total. The second-order valence-electron chi connectivity index (χ2n) is 5.41. The number of carbonyl (C=O) groups excluding carboxylic acids is 1.